The van der Waals surface area contributed by atoms with Crippen molar-refractivity contribution in [3.05, 3.63) is 0 Å². The Kier molecular flexibility index (Phi) is 3.05. The van der Waals surface area contributed by atoms with E-state index in [4.69, 9.17) is 5.26 Å². The third-order valence-electron chi connectivity index (χ3n) is 5.27. The Labute approximate surface area is 109 Å². The number of amides is 1. The van der Waals surface area contributed by atoms with Crippen LogP contribution < -0.4 is 5.32 Å². The Morgan fingerprint density at radius 1 is 1.22 bits per heavy atom. The van der Waals surface area contributed by atoms with Crippen LogP contribution in [0.3, 0.4) is 0 Å². The second kappa shape index (κ2) is 4.57. The first-order valence-corrected chi connectivity index (χ1v) is 7.34. The van der Waals surface area contributed by atoms with Crippen LogP contribution in [0.5, 0.6) is 0 Å². The molecule has 4 bridgehead atoms. The van der Waals surface area contributed by atoms with E-state index in [1.54, 1.807) is 0 Å². The number of nitrogens with one attached hydrogen (secondary N) is 1. The zero-order valence-corrected chi connectivity index (χ0v) is 11.1. The zero-order valence-electron chi connectivity index (χ0n) is 11.1. The normalized spacial score (nSPS) is 42.3. The third-order valence-corrected chi connectivity index (χ3v) is 5.27. The molecule has 3 nitrogen and oxygen atoms in total. The van der Waals surface area contributed by atoms with Crippen molar-refractivity contribution in [2.24, 2.45) is 29.6 Å². The molecule has 1 N–H and O–H groups in total. The van der Waals surface area contributed by atoms with Crippen molar-refractivity contribution >= 4 is 5.91 Å². The van der Waals surface area contributed by atoms with Gasteiger partial charge in [-0.05, 0) is 62.7 Å². The van der Waals surface area contributed by atoms with Gasteiger partial charge in [0.25, 0.3) is 0 Å². The first-order valence-electron chi connectivity index (χ1n) is 7.34. The maximum atomic E-state index is 11.9. The molecule has 1 atom stereocenters. The molecule has 0 radical (unpaired) electrons. The summed E-state index contributed by atoms with van der Waals surface area (Å²) in [6.45, 7) is 1.82. The standard InChI is InChI=1S/C15H22N2O/c1-9(8-16)2-14(18)17-15-12-4-10-3-11(6-12)7-13(15)5-10/h9-13,15H,2-7H2,1H3,(H,17,18). The number of rotatable bonds is 3. The van der Waals surface area contributed by atoms with E-state index in [0.29, 0.717) is 12.5 Å². The predicted molar refractivity (Wildman–Crippen MR) is 68.4 cm³/mol. The topological polar surface area (TPSA) is 52.9 Å². The van der Waals surface area contributed by atoms with Crippen molar-refractivity contribution in [1.29, 1.82) is 5.26 Å². The lowest BCUT2D eigenvalue weighted by Crippen LogP contribution is -2.55. The Morgan fingerprint density at radius 2 is 1.78 bits per heavy atom. The van der Waals surface area contributed by atoms with Crippen molar-refractivity contribution in [2.45, 2.75) is 51.5 Å². The molecule has 0 aromatic carbocycles. The van der Waals surface area contributed by atoms with E-state index in [9.17, 15) is 4.79 Å². The smallest absolute Gasteiger partial charge is 0.221 e. The predicted octanol–water partition coefficient (Wildman–Crippen LogP) is 2.48. The maximum Gasteiger partial charge on any atom is 0.221 e. The van der Waals surface area contributed by atoms with E-state index >= 15 is 0 Å². The quantitative estimate of drug-likeness (QED) is 0.831. The minimum Gasteiger partial charge on any atom is -0.353 e. The number of carbonyl (C=O) groups is 1. The summed E-state index contributed by atoms with van der Waals surface area (Å²) >= 11 is 0. The lowest BCUT2D eigenvalue weighted by molar-refractivity contribution is -0.125. The highest BCUT2D eigenvalue weighted by molar-refractivity contribution is 5.76. The summed E-state index contributed by atoms with van der Waals surface area (Å²) in [5.41, 5.74) is 0. The number of nitriles is 1. The summed E-state index contributed by atoms with van der Waals surface area (Å²) in [7, 11) is 0. The molecule has 1 amide bonds. The molecule has 18 heavy (non-hydrogen) atoms. The molecule has 1 unspecified atom stereocenters. The van der Waals surface area contributed by atoms with Gasteiger partial charge < -0.3 is 5.32 Å². The van der Waals surface area contributed by atoms with Crippen molar-refractivity contribution < 1.29 is 4.79 Å². The van der Waals surface area contributed by atoms with Crippen LogP contribution in [-0.4, -0.2) is 11.9 Å². The number of carbonyl (C=O) groups excluding carboxylic acids is 1. The zero-order chi connectivity index (χ0) is 12.7. The molecule has 4 fully saturated rings. The third kappa shape index (κ3) is 2.13. The van der Waals surface area contributed by atoms with Gasteiger partial charge in [0.2, 0.25) is 5.91 Å². The van der Waals surface area contributed by atoms with Crippen molar-refractivity contribution in [3.8, 4) is 6.07 Å². The van der Waals surface area contributed by atoms with Gasteiger partial charge in [0, 0.05) is 12.5 Å². The number of hydrogen-bond donors (Lipinski definition) is 1. The molecule has 98 valence electrons. The molecule has 0 heterocycles. The van der Waals surface area contributed by atoms with Crippen molar-refractivity contribution in [1.82, 2.24) is 5.32 Å². The summed E-state index contributed by atoms with van der Waals surface area (Å²) in [5, 5.41) is 12.0. The van der Waals surface area contributed by atoms with Gasteiger partial charge in [-0.1, -0.05) is 0 Å². The molecule has 4 aliphatic rings. The van der Waals surface area contributed by atoms with E-state index in [1.807, 2.05) is 6.92 Å². The van der Waals surface area contributed by atoms with Crippen LogP contribution in [0.15, 0.2) is 0 Å². The summed E-state index contributed by atoms with van der Waals surface area (Å²) < 4.78 is 0. The van der Waals surface area contributed by atoms with E-state index < -0.39 is 0 Å². The highest BCUT2D eigenvalue weighted by Gasteiger charge is 2.48. The van der Waals surface area contributed by atoms with Crippen LogP contribution in [0.1, 0.15) is 45.4 Å². The molecular formula is C15H22N2O. The highest BCUT2D eigenvalue weighted by atomic mass is 16.1. The fourth-order valence-electron chi connectivity index (χ4n) is 4.73. The maximum absolute atomic E-state index is 11.9. The van der Waals surface area contributed by atoms with Gasteiger partial charge in [-0.25, -0.2) is 0 Å². The van der Waals surface area contributed by atoms with Crippen LogP contribution in [-0.2, 0) is 4.79 Å². The molecule has 4 saturated carbocycles. The lowest BCUT2D eigenvalue weighted by Gasteiger charge is -2.54. The van der Waals surface area contributed by atoms with Gasteiger partial charge >= 0.3 is 0 Å². The molecule has 0 aliphatic heterocycles. The summed E-state index contributed by atoms with van der Waals surface area (Å²) in [4.78, 5) is 11.9. The Balaban J connectivity index is 1.60. The van der Waals surface area contributed by atoms with Crippen LogP contribution in [0.2, 0.25) is 0 Å². The average molecular weight is 246 g/mol. The van der Waals surface area contributed by atoms with Crippen molar-refractivity contribution in [3.63, 3.8) is 0 Å². The second-order valence-electron chi connectivity index (χ2n) is 6.76. The fourth-order valence-corrected chi connectivity index (χ4v) is 4.73. The average Bonchev–Trinajstić information content (AvgIpc) is 2.32. The molecular weight excluding hydrogens is 224 g/mol. The highest BCUT2D eigenvalue weighted by Crippen LogP contribution is 2.53. The summed E-state index contributed by atoms with van der Waals surface area (Å²) in [6.07, 6.45) is 7.10. The second-order valence-corrected chi connectivity index (χ2v) is 6.76. The van der Waals surface area contributed by atoms with Crippen LogP contribution in [0, 0.1) is 40.9 Å². The lowest BCUT2D eigenvalue weighted by atomic mass is 9.54. The molecule has 0 aromatic heterocycles. The van der Waals surface area contributed by atoms with Gasteiger partial charge in [0.15, 0.2) is 0 Å². The molecule has 4 aliphatic carbocycles. The van der Waals surface area contributed by atoms with Gasteiger partial charge in [-0.2, -0.15) is 5.26 Å². The van der Waals surface area contributed by atoms with Gasteiger partial charge in [0.05, 0.1) is 12.0 Å². The first kappa shape index (κ1) is 12.0. The number of nitrogens with zero attached hydrogens (tertiary/aromatic N) is 1. The Hall–Kier alpha value is -1.04. The van der Waals surface area contributed by atoms with E-state index in [1.165, 1.54) is 32.1 Å². The SMILES string of the molecule is CC(C#N)CC(=O)NC1C2CC3CC(C2)CC1C3. The summed E-state index contributed by atoms with van der Waals surface area (Å²) in [6, 6.07) is 2.55. The first-order chi connectivity index (χ1) is 8.65. The molecule has 0 saturated heterocycles. The Bertz CT molecular complexity index is 356. The number of hydrogen-bond acceptors (Lipinski definition) is 2. The van der Waals surface area contributed by atoms with E-state index in [0.717, 1.165) is 23.7 Å². The fraction of sp³-hybridized carbons (Fsp3) is 0.867. The minimum absolute atomic E-state index is 0.0847. The largest absolute Gasteiger partial charge is 0.353 e. The van der Waals surface area contributed by atoms with Crippen LogP contribution >= 0.6 is 0 Å². The van der Waals surface area contributed by atoms with E-state index in [-0.39, 0.29) is 11.8 Å². The van der Waals surface area contributed by atoms with Crippen molar-refractivity contribution in [2.75, 3.05) is 0 Å². The van der Waals surface area contributed by atoms with Gasteiger partial charge in [-0.15, -0.1) is 0 Å². The van der Waals surface area contributed by atoms with Gasteiger partial charge in [-0.3, -0.25) is 4.79 Å². The summed E-state index contributed by atoms with van der Waals surface area (Å²) in [5.74, 6) is 3.26. The van der Waals surface area contributed by atoms with E-state index in [2.05, 4.69) is 11.4 Å². The molecule has 0 spiro atoms. The molecule has 4 rings (SSSR count). The minimum atomic E-state index is -0.165. The molecule has 3 heteroatoms. The Morgan fingerprint density at radius 3 is 2.28 bits per heavy atom. The van der Waals surface area contributed by atoms with Crippen LogP contribution in [0.25, 0.3) is 0 Å². The molecule has 0 aromatic rings. The van der Waals surface area contributed by atoms with Crippen LogP contribution in [0.4, 0.5) is 0 Å². The monoisotopic (exact) mass is 246 g/mol. The van der Waals surface area contributed by atoms with Gasteiger partial charge in [0.1, 0.15) is 0 Å².